The largest absolute Gasteiger partial charge is 0.342 e. The third-order valence-electron chi connectivity index (χ3n) is 5.51. The molecule has 7 heteroatoms. The number of halogens is 2. The monoisotopic (exact) mass is 580 g/mol. The lowest BCUT2D eigenvalue weighted by atomic mass is 10.1. The molecular weight excluding hydrogens is 564 g/mol. The summed E-state index contributed by atoms with van der Waals surface area (Å²) in [5.74, 6) is -0.294. The van der Waals surface area contributed by atoms with E-state index in [4.69, 9.17) is 0 Å². The van der Waals surface area contributed by atoms with E-state index >= 15 is 0 Å². The van der Waals surface area contributed by atoms with Crippen molar-refractivity contribution in [3.63, 3.8) is 0 Å². The van der Waals surface area contributed by atoms with Gasteiger partial charge in [0.05, 0.1) is 10.6 Å². The summed E-state index contributed by atoms with van der Waals surface area (Å²) in [7, 11) is 0. The van der Waals surface area contributed by atoms with Crippen LogP contribution in [0, 0.1) is 6.92 Å². The summed E-state index contributed by atoms with van der Waals surface area (Å²) < 4.78 is 4.16. The van der Waals surface area contributed by atoms with Gasteiger partial charge in [-0.25, -0.2) is 4.90 Å². The van der Waals surface area contributed by atoms with Crippen LogP contribution in [0.25, 0.3) is 17.0 Å². The molecule has 164 valence electrons. The first-order chi connectivity index (χ1) is 15.9. The number of benzene rings is 3. The molecule has 0 atom stereocenters. The first-order valence-electron chi connectivity index (χ1n) is 10.3. The minimum Gasteiger partial charge on any atom is -0.342 e. The van der Waals surface area contributed by atoms with Crippen LogP contribution >= 0.6 is 43.6 Å². The fraction of sp³-hybridized carbons (Fsp3) is 0.0769. The van der Waals surface area contributed by atoms with Gasteiger partial charge >= 0.3 is 0 Å². The van der Waals surface area contributed by atoms with Crippen LogP contribution in [0.3, 0.4) is 0 Å². The van der Waals surface area contributed by atoms with Crippen LogP contribution in [0.2, 0.25) is 0 Å². The predicted octanol–water partition coefficient (Wildman–Crippen LogP) is 7.76. The lowest BCUT2D eigenvalue weighted by Gasteiger charge is -2.12. The maximum Gasteiger partial charge on any atom is 0.298 e. The van der Waals surface area contributed by atoms with Gasteiger partial charge in [0.25, 0.3) is 11.1 Å². The molecule has 0 bridgehead atoms. The minimum atomic E-state index is -0.294. The smallest absolute Gasteiger partial charge is 0.298 e. The SMILES string of the molecule is Cc1ccc(N2C(=O)S/C(=C\c3cn(Cc4ccc(Br)cc4)c4ccc(Br)cc34)C2=O)cc1. The second-order valence-corrected chi connectivity index (χ2v) is 10.7. The first-order valence-corrected chi connectivity index (χ1v) is 12.7. The molecule has 3 aromatic carbocycles. The highest BCUT2D eigenvalue weighted by atomic mass is 79.9. The zero-order valence-electron chi connectivity index (χ0n) is 17.6. The van der Waals surface area contributed by atoms with E-state index in [1.807, 2.05) is 55.6 Å². The lowest BCUT2D eigenvalue weighted by Crippen LogP contribution is -2.27. The zero-order valence-corrected chi connectivity index (χ0v) is 21.6. The summed E-state index contributed by atoms with van der Waals surface area (Å²) in [6, 6.07) is 21.7. The Morgan fingerprint density at radius 3 is 2.33 bits per heavy atom. The first kappa shape index (κ1) is 22.2. The quantitative estimate of drug-likeness (QED) is 0.231. The van der Waals surface area contributed by atoms with E-state index in [-0.39, 0.29) is 11.1 Å². The summed E-state index contributed by atoms with van der Waals surface area (Å²) in [5, 5.41) is 0.735. The van der Waals surface area contributed by atoms with Crippen molar-refractivity contribution in [1.29, 1.82) is 0 Å². The molecule has 0 radical (unpaired) electrons. The van der Waals surface area contributed by atoms with Gasteiger partial charge in [-0.05, 0) is 72.8 Å². The zero-order chi connectivity index (χ0) is 23.1. The maximum atomic E-state index is 13.1. The van der Waals surface area contributed by atoms with Crippen molar-refractivity contribution < 1.29 is 9.59 Å². The molecule has 33 heavy (non-hydrogen) atoms. The summed E-state index contributed by atoms with van der Waals surface area (Å²) in [6.45, 7) is 2.67. The molecule has 1 aromatic heterocycles. The number of amides is 2. The van der Waals surface area contributed by atoms with Crippen molar-refractivity contribution in [1.82, 2.24) is 4.57 Å². The predicted molar refractivity (Wildman–Crippen MR) is 143 cm³/mol. The Morgan fingerprint density at radius 1 is 0.909 bits per heavy atom. The Balaban J connectivity index is 1.53. The molecule has 2 amide bonds. The second-order valence-electron chi connectivity index (χ2n) is 7.85. The van der Waals surface area contributed by atoms with Crippen LogP contribution < -0.4 is 4.90 Å². The van der Waals surface area contributed by atoms with Gasteiger partial charge in [-0.2, -0.15) is 0 Å². The van der Waals surface area contributed by atoms with Gasteiger partial charge in [-0.3, -0.25) is 9.59 Å². The van der Waals surface area contributed by atoms with Crippen molar-refractivity contribution >= 4 is 77.4 Å². The van der Waals surface area contributed by atoms with E-state index in [9.17, 15) is 9.59 Å². The van der Waals surface area contributed by atoms with Crippen molar-refractivity contribution in [2.75, 3.05) is 4.90 Å². The van der Waals surface area contributed by atoms with E-state index in [2.05, 4.69) is 54.6 Å². The van der Waals surface area contributed by atoms with Crippen LogP contribution in [-0.2, 0) is 11.3 Å². The third-order valence-corrected chi connectivity index (χ3v) is 7.40. The van der Waals surface area contributed by atoms with E-state index in [0.717, 1.165) is 42.7 Å². The third kappa shape index (κ3) is 4.45. The van der Waals surface area contributed by atoms with E-state index < -0.39 is 0 Å². The molecule has 2 heterocycles. The maximum absolute atomic E-state index is 13.1. The lowest BCUT2D eigenvalue weighted by molar-refractivity contribution is -0.113. The van der Waals surface area contributed by atoms with Crippen LogP contribution in [-0.4, -0.2) is 15.7 Å². The number of imide groups is 1. The summed E-state index contributed by atoms with van der Waals surface area (Å²) in [6.07, 6.45) is 3.87. The number of anilines is 1. The number of thioether (sulfide) groups is 1. The van der Waals surface area contributed by atoms with Gasteiger partial charge in [0.2, 0.25) is 0 Å². The van der Waals surface area contributed by atoms with Crippen LogP contribution in [0.1, 0.15) is 16.7 Å². The molecule has 1 saturated heterocycles. The van der Waals surface area contributed by atoms with Crippen molar-refractivity contribution in [3.8, 4) is 0 Å². The van der Waals surface area contributed by atoms with Gasteiger partial charge in [-0.1, -0.05) is 61.7 Å². The molecule has 4 nitrogen and oxygen atoms in total. The molecule has 1 fully saturated rings. The number of hydrogen-bond acceptors (Lipinski definition) is 3. The summed E-state index contributed by atoms with van der Waals surface area (Å²) in [4.78, 5) is 27.5. The highest BCUT2D eigenvalue weighted by Gasteiger charge is 2.36. The number of carbonyl (C=O) groups is 2. The number of hydrogen-bond donors (Lipinski definition) is 0. The van der Waals surface area contributed by atoms with Gasteiger partial charge in [-0.15, -0.1) is 0 Å². The molecule has 0 saturated carbocycles. The van der Waals surface area contributed by atoms with Crippen LogP contribution in [0.15, 0.2) is 86.8 Å². The average molecular weight is 582 g/mol. The standard InChI is InChI=1S/C26H18Br2N2O2S/c1-16-2-9-21(10-3-16)30-25(31)24(33-26(30)32)12-18-15-29(14-17-4-6-19(27)7-5-17)23-11-8-20(28)13-22(18)23/h2-13,15H,14H2,1H3/b24-12-. The number of carbonyl (C=O) groups excluding carboxylic acids is 2. The van der Waals surface area contributed by atoms with Crippen LogP contribution in [0.4, 0.5) is 10.5 Å². The summed E-state index contributed by atoms with van der Waals surface area (Å²) in [5.41, 5.74) is 4.80. The molecule has 1 aliphatic rings. The van der Waals surface area contributed by atoms with Gasteiger partial charge < -0.3 is 4.57 Å². The number of aryl methyl sites for hydroxylation is 1. The number of fused-ring (bicyclic) bond motifs is 1. The molecule has 1 aliphatic heterocycles. The van der Waals surface area contributed by atoms with Crippen molar-refractivity contribution in [2.24, 2.45) is 0 Å². The van der Waals surface area contributed by atoms with Crippen LogP contribution in [0.5, 0.6) is 0 Å². The van der Waals surface area contributed by atoms with E-state index in [1.165, 1.54) is 10.5 Å². The minimum absolute atomic E-state index is 0.283. The highest BCUT2D eigenvalue weighted by Crippen LogP contribution is 2.37. The Hall–Kier alpha value is -2.61. The van der Waals surface area contributed by atoms with Crippen molar-refractivity contribution in [3.05, 3.63) is 103 Å². The normalized spacial score (nSPS) is 15.2. The Labute approximate surface area is 212 Å². The highest BCUT2D eigenvalue weighted by molar-refractivity contribution is 9.10. The van der Waals surface area contributed by atoms with Gasteiger partial charge in [0, 0.05) is 38.2 Å². The molecule has 0 aliphatic carbocycles. The Morgan fingerprint density at radius 2 is 1.61 bits per heavy atom. The molecule has 5 rings (SSSR count). The molecule has 0 spiro atoms. The Kier molecular flexibility index (Phi) is 6.03. The second kappa shape index (κ2) is 8.97. The Bertz CT molecular complexity index is 1420. The topological polar surface area (TPSA) is 42.3 Å². The fourth-order valence-electron chi connectivity index (χ4n) is 3.85. The summed E-state index contributed by atoms with van der Waals surface area (Å²) >= 11 is 8.02. The van der Waals surface area contributed by atoms with E-state index in [0.29, 0.717) is 17.1 Å². The molecular formula is C26H18Br2N2O2S. The average Bonchev–Trinajstić information content (AvgIpc) is 3.26. The number of rotatable bonds is 4. The van der Waals surface area contributed by atoms with Gasteiger partial charge in [0.15, 0.2) is 0 Å². The molecule has 0 N–H and O–H groups in total. The van der Waals surface area contributed by atoms with Gasteiger partial charge in [0.1, 0.15) is 0 Å². The van der Waals surface area contributed by atoms with Crippen molar-refractivity contribution in [2.45, 2.75) is 13.5 Å². The van der Waals surface area contributed by atoms with E-state index in [1.54, 1.807) is 12.1 Å². The number of nitrogens with zero attached hydrogens (tertiary/aromatic N) is 2. The fourth-order valence-corrected chi connectivity index (χ4v) is 5.31. The molecule has 4 aromatic rings. The molecule has 0 unspecified atom stereocenters. The number of aromatic nitrogens is 1.